The number of benzene rings is 2. The predicted octanol–water partition coefficient (Wildman–Crippen LogP) is 11.6. The molecular formula is C39H69ClN2+2. The van der Waals surface area contributed by atoms with Gasteiger partial charge in [-0.05, 0) is 18.9 Å². The maximum Gasteiger partial charge on any atom is 0.114 e. The first-order chi connectivity index (χ1) is 19.8. The van der Waals surface area contributed by atoms with Crippen LogP contribution < -0.4 is 0 Å². The summed E-state index contributed by atoms with van der Waals surface area (Å²) in [7, 11) is 9.27. The Morgan fingerprint density at radius 2 is 1.05 bits per heavy atom. The van der Waals surface area contributed by atoms with Crippen molar-refractivity contribution in [2.24, 2.45) is 0 Å². The highest BCUT2D eigenvalue weighted by molar-refractivity contribution is 5.85. The van der Waals surface area contributed by atoms with E-state index in [2.05, 4.69) is 109 Å². The maximum absolute atomic E-state index is 3.84. The van der Waals surface area contributed by atoms with Crippen LogP contribution in [0.25, 0.3) is 0 Å². The third-order valence-corrected chi connectivity index (χ3v) is 8.58. The zero-order valence-electron chi connectivity index (χ0n) is 28.7. The molecule has 0 bridgehead atoms. The molecule has 0 fully saturated rings. The number of likely N-dealkylation sites (N-methyl/N-ethyl adjacent to an activating group) is 1. The van der Waals surface area contributed by atoms with Crippen molar-refractivity contribution in [2.45, 2.75) is 123 Å². The summed E-state index contributed by atoms with van der Waals surface area (Å²) in [5.41, 5.74) is 2.88. The summed E-state index contributed by atoms with van der Waals surface area (Å²) < 4.78 is 2.09. The Labute approximate surface area is 269 Å². The standard InChI is InChI=1S/C25H46N.C14H22N.ClH/c1-4-5-6-7-8-9-10-11-12-13-14-15-16-20-23-26(2,3)24-25-21-18-17-19-22-25;1-5-12-15(3,4)14(6-2)13-10-8-7-9-11-13;/h17-19,21-22H,4-16,20,23-24H2,1-3H3;5,7-11,14H,1,6,12H2,2-4H3;1H/q2*+1;. The summed E-state index contributed by atoms with van der Waals surface area (Å²) >= 11 is 0. The molecule has 0 spiro atoms. The Kier molecular flexibility index (Phi) is 23.8. The zero-order chi connectivity index (χ0) is 30.2. The van der Waals surface area contributed by atoms with Crippen LogP contribution in [0.1, 0.15) is 127 Å². The molecule has 3 heteroatoms. The van der Waals surface area contributed by atoms with Crippen molar-refractivity contribution in [1.29, 1.82) is 0 Å². The second-order valence-corrected chi connectivity index (χ2v) is 13.5. The second kappa shape index (κ2) is 24.8. The van der Waals surface area contributed by atoms with Crippen molar-refractivity contribution >= 4 is 12.4 Å². The Morgan fingerprint density at radius 1 is 0.619 bits per heavy atom. The predicted molar refractivity (Wildman–Crippen MR) is 191 cm³/mol. The number of hydrogen-bond acceptors (Lipinski definition) is 0. The van der Waals surface area contributed by atoms with Crippen LogP contribution in [0.5, 0.6) is 0 Å². The molecule has 2 aromatic carbocycles. The fourth-order valence-corrected chi connectivity index (χ4v) is 6.16. The van der Waals surface area contributed by atoms with Gasteiger partial charge in [0.05, 0.1) is 41.3 Å². The van der Waals surface area contributed by atoms with Gasteiger partial charge in [0.1, 0.15) is 12.6 Å². The molecular weight excluding hydrogens is 532 g/mol. The zero-order valence-corrected chi connectivity index (χ0v) is 29.5. The molecule has 240 valence electrons. The maximum atomic E-state index is 3.84. The molecule has 0 heterocycles. The average molecular weight is 601 g/mol. The van der Waals surface area contributed by atoms with Gasteiger partial charge in [0.25, 0.3) is 0 Å². The van der Waals surface area contributed by atoms with Gasteiger partial charge in [-0.25, -0.2) is 0 Å². The molecule has 0 saturated carbocycles. The van der Waals surface area contributed by atoms with Crippen LogP contribution in [-0.4, -0.2) is 50.2 Å². The van der Waals surface area contributed by atoms with Gasteiger partial charge in [-0.15, -0.1) is 12.4 Å². The van der Waals surface area contributed by atoms with Crippen molar-refractivity contribution in [1.82, 2.24) is 0 Å². The van der Waals surface area contributed by atoms with Crippen LogP contribution in [0.2, 0.25) is 0 Å². The van der Waals surface area contributed by atoms with Crippen LogP contribution in [0.15, 0.2) is 73.3 Å². The smallest absolute Gasteiger partial charge is 0.114 e. The summed E-state index contributed by atoms with van der Waals surface area (Å²) in [5.74, 6) is 0. The molecule has 0 radical (unpaired) electrons. The lowest BCUT2D eigenvalue weighted by atomic mass is 10.0. The van der Waals surface area contributed by atoms with Gasteiger partial charge >= 0.3 is 0 Å². The van der Waals surface area contributed by atoms with E-state index >= 15 is 0 Å². The summed E-state index contributed by atoms with van der Waals surface area (Å²) in [6, 6.07) is 22.2. The van der Waals surface area contributed by atoms with Crippen LogP contribution >= 0.6 is 12.4 Å². The monoisotopic (exact) mass is 601 g/mol. The van der Waals surface area contributed by atoms with E-state index in [0.717, 1.165) is 28.5 Å². The number of halogens is 1. The van der Waals surface area contributed by atoms with E-state index < -0.39 is 0 Å². The Morgan fingerprint density at radius 3 is 1.48 bits per heavy atom. The van der Waals surface area contributed by atoms with E-state index in [9.17, 15) is 0 Å². The quantitative estimate of drug-likeness (QED) is 0.0716. The molecule has 2 aromatic rings. The van der Waals surface area contributed by atoms with E-state index in [1.165, 1.54) is 108 Å². The highest BCUT2D eigenvalue weighted by Gasteiger charge is 2.26. The summed E-state index contributed by atoms with van der Waals surface area (Å²) in [6.45, 7) is 11.8. The Bertz CT molecular complexity index is 862. The number of unbranched alkanes of at least 4 members (excludes halogenated alkanes) is 13. The van der Waals surface area contributed by atoms with Gasteiger partial charge in [0.2, 0.25) is 0 Å². The van der Waals surface area contributed by atoms with Crippen molar-refractivity contribution in [2.75, 3.05) is 41.3 Å². The fraction of sp³-hybridized carbons (Fsp3) is 0.641. The molecule has 1 unspecified atom stereocenters. The SMILES string of the molecule is C=CC[N+](C)(C)C(CC)c1ccccc1.CCCCCCCCCCCCCCCC[N+](C)(C)Cc1ccccc1.Cl. The van der Waals surface area contributed by atoms with Gasteiger partial charge in [-0.2, -0.15) is 0 Å². The molecule has 2 nitrogen and oxygen atoms in total. The van der Waals surface area contributed by atoms with E-state index in [-0.39, 0.29) is 12.4 Å². The van der Waals surface area contributed by atoms with Crippen LogP contribution in [-0.2, 0) is 6.54 Å². The molecule has 0 aliphatic carbocycles. The Hall–Kier alpha value is -1.61. The summed E-state index contributed by atoms with van der Waals surface area (Å²) in [6.07, 6.45) is 23.3. The Balaban J connectivity index is 0.000000894. The summed E-state index contributed by atoms with van der Waals surface area (Å²) in [4.78, 5) is 0. The average Bonchev–Trinajstić information content (AvgIpc) is 2.94. The molecule has 0 saturated heterocycles. The first-order valence-corrected chi connectivity index (χ1v) is 17.1. The minimum absolute atomic E-state index is 0. The lowest BCUT2D eigenvalue weighted by Gasteiger charge is -2.37. The molecule has 2 rings (SSSR count). The van der Waals surface area contributed by atoms with Crippen molar-refractivity contribution in [3.05, 3.63) is 84.4 Å². The molecule has 42 heavy (non-hydrogen) atoms. The van der Waals surface area contributed by atoms with E-state index in [1.54, 1.807) is 0 Å². The van der Waals surface area contributed by atoms with Gasteiger partial charge in [0, 0.05) is 17.5 Å². The topological polar surface area (TPSA) is 0 Å². The van der Waals surface area contributed by atoms with Gasteiger partial charge in [-0.3, -0.25) is 0 Å². The van der Waals surface area contributed by atoms with Crippen LogP contribution in [0.3, 0.4) is 0 Å². The normalized spacial score (nSPS) is 12.1. The molecule has 0 aromatic heterocycles. The van der Waals surface area contributed by atoms with Gasteiger partial charge in [0.15, 0.2) is 0 Å². The molecule has 0 aliphatic heterocycles. The first kappa shape index (κ1) is 40.4. The molecule has 1 atom stereocenters. The third kappa shape index (κ3) is 19.6. The highest BCUT2D eigenvalue weighted by atomic mass is 35.5. The first-order valence-electron chi connectivity index (χ1n) is 17.1. The van der Waals surface area contributed by atoms with Crippen molar-refractivity contribution in [3.8, 4) is 0 Å². The largest absolute Gasteiger partial charge is 0.325 e. The van der Waals surface area contributed by atoms with Crippen LogP contribution in [0.4, 0.5) is 0 Å². The molecule has 0 N–H and O–H groups in total. The van der Waals surface area contributed by atoms with Crippen molar-refractivity contribution < 1.29 is 8.97 Å². The third-order valence-electron chi connectivity index (χ3n) is 8.58. The minimum atomic E-state index is 0. The minimum Gasteiger partial charge on any atom is -0.325 e. The molecule has 0 amide bonds. The van der Waals surface area contributed by atoms with E-state index in [4.69, 9.17) is 0 Å². The number of rotatable bonds is 22. The van der Waals surface area contributed by atoms with E-state index in [0.29, 0.717) is 6.04 Å². The number of nitrogens with zero attached hydrogens (tertiary/aromatic N) is 2. The van der Waals surface area contributed by atoms with Gasteiger partial charge in [-0.1, -0.05) is 158 Å². The van der Waals surface area contributed by atoms with Crippen LogP contribution in [0, 0.1) is 0 Å². The lowest BCUT2D eigenvalue weighted by Crippen LogP contribution is -2.42. The number of quaternary nitrogens is 2. The second-order valence-electron chi connectivity index (χ2n) is 13.5. The lowest BCUT2D eigenvalue weighted by molar-refractivity contribution is -0.915. The van der Waals surface area contributed by atoms with Gasteiger partial charge < -0.3 is 8.97 Å². The van der Waals surface area contributed by atoms with E-state index in [1.807, 2.05) is 6.08 Å². The molecule has 0 aliphatic rings. The summed E-state index contributed by atoms with van der Waals surface area (Å²) in [5, 5.41) is 0. The fourth-order valence-electron chi connectivity index (χ4n) is 6.16. The van der Waals surface area contributed by atoms with Crippen molar-refractivity contribution in [3.63, 3.8) is 0 Å². The highest BCUT2D eigenvalue weighted by Crippen LogP contribution is 2.27. The number of hydrogen-bond donors (Lipinski definition) is 0.